The molecule has 1 aromatic heterocycles. The van der Waals surface area contributed by atoms with Crippen LogP contribution >= 0.6 is 11.6 Å². The number of halogens is 3. The van der Waals surface area contributed by atoms with E-state index in [2.05, 4.69) is 9.72 Å². The molecule has 0 spiro atoms. The van der Waals surface area contributed by atoms with Gasteiger partial charge in [0.15, 0.2) is 0 Å². The molecule has 0 saturated heterocycles. The van der Waals surface area contributed by atoms with Gasteiger partial charge in [0, 0.05) is 11.8 Å². The van der Waals surface area contributed by atoms with Gasteiger partial charge in [0.2, 0.25) is 5.88 Å². The summed E-state index contributed by atoms with van der Waals surface area (Å²) < 4.78 is 27.9. The standard InChI is InChI=1S/C8H8ClF2NO/c1-5-2-3-12-7(6(5)4-9)13-8(10)11/h2-3,8H,4H2,1H3. The first-order valence-electron chi connectivity index (χ1n) is 3.60. The second-order valence-electron chi connectivity index (χ2n) is 2.42. The summed E-state index contributed by atoms with van der Waals surface area (Å²) in [6.07, 6.45) is 1.41. The largest absolute Gasteiger partial charge is 0.417 e. The Labute approximate surface area is 79.5 Å². The Morgan fingerprint density at radius 3 is 2.85 bits per heavy atom. The van der Waals surface area contributed by atoms with E-state index in [0.29, 0.717) is 5.56 Å². The number of aromatic nitrogens is 1. The number of nitrogens with zero attached hydrogens (tertiary/aromatic N) is 1. The topological polar surface area (TPSA) is 22.1 Å². The zero-order valence-electron chi connectivity index (χ0n) is 6.93. The molecule has 0 N–H and O–H groups in total. The molecule has 0 radical (unpaired) electrons. The molecule has 0 aliphatic heterocycles. The lowest BCUT2D eigenvalue weighted by Crippen LogP contribution is -2.06. The van der Waals surface area contributed by atoms with Crippen LogP contribution in [0.15, 0.2) is 12.3 Å². The van der Waals surface area contributed by atoms with Crippen molar-refractivity contribution in [1.82, 2.24) is 4.98 Å². The Balaban J connectivity index is 2.98. The average Bonchev–Trinajstić information content (AvgIpc) is 2.03. The number of ether oxygens (including phenoxy) is 1. The molecule has 1 aromatic rings. The van der Waals surface area contributed by atoms with Crippen LogP contribution in [0.25, 0.3) is 0 Å². The van der Waals surface area contributed by atoms with Gasteiger partial charge in [0.25, 0.3) is 0 Å². The minimum absolute atomic E-state index is 0.0926. The fourth-order valence-electron chi connectivity index (χ4n) is 0.912. The number of alkyl halides is 3. The van der Waals surface area contributed by atoms with Gasteiger partial charge in [0.1, 0.15) is 0 Å². The molecule has 0 unspecified atom stereocenters. The number of aryl methyl sites for hydroxylation is 1. The van der Waals surface area contributed by atoms with Crippen molar-refractivity contribution >= 4 is 11.6 Å². The molecule has 0 aromatic carbocycles. The Kier molecular flexibility index (Phi) is 3.42. The van der Waals surface area contributed by atoms with Crippen molar-refractivity contribution in [3.05, 3.63) is 23.4 Å². The number of rotatable bonds is 3. The van der Waals surface area contributed by atoms with E-state index >= 15 is 0 Å². The van der Waals surface area contributed by atoms with Crippen LogP contribution < -0.4 is 4.74 Å². The summed E-state index contributed by atoms with van der Waals surface area (Å²) in [5.41, 5.74) is 1.30. The SMILES string of the molecule is Cc1ccnc(OC(F)F)c1CCl. The second kappa shape index (κ2) is 4.37. The maximum absolute atomic E-state index is 11.9. The highest BCUT2D eigenvalue weighted by molar-refractivity contribution is 6.17. The van der Waals surface area contributed by atoms with Crippen molar-refractivity contribution in [3.8, 4) is 5.88 Å². The van der Waals surface area contributed by atoms with E-state index < -0.39 is 6.61 Å². The fourth-order valence-corrected chi connectivity index (χ4v) is 1.24. The molecule has 5 heteroatoms. The smallest absolute Gasteiger partial charge is 0.388 e. The van der Waals surface area contributed by atoms with Gasteiger partial charge in [-0.15, -0.1) is 11.6 Å². The third kappa shape index (κ3) is 2.52. The van der Waals surface area contributed by atoms with Gasteiger partial charge in [-0.3, -0.25) is 0 Å². The molecular weight excluding hydrogens is 200 g/mol. The average molecular weight is 208 g/mol. The second-order valence-corrected chi connectivity index (χ2v) is 2.69. The summed E-state index contributed by atoms with van der Waals surface area (Å²) in [4.78, 5) is 3.66. The Morgan fingerprint density at radius 1 is 1.62 bits per heavy atom. The molecule has 72 valence electrons. The third-order valence-corrected chi connectivity index (χ3v) is 1.85. The lowest BCUT2D eigenvalue weighted by molar-refractivity contribution is -0.0534. The van der Waals surface area contributed by atoms with Gasteiger partial charge in [-0.2, -0.15) is 8.78 Å². The lowest BCUT2D eigenvalue weighted by atomic mass is 10.2. The minimum Gasteiger partial charge on any atom is -0.417 e. The van der Waals surface area contributed by atoms with Crippen molar-refractivity contribution < 1.29 is 13.5 Å². The van der Waals surface area contributed by atoms with Gasteiger partial charge in [-0.25, -0.2) is 4.98 Å². The first-order valence-corrected chi connectivity index (χ1v) is 4.14. The Morgan fingerprint density at radius 2 is 2.31 bits per heavy atom. The van der Waals surface area contributed by atoms with Crippen LogP contribution in [0.1, 0.15) is 11.1 Å². The van der Waals surface area contributed by atoms with Gasteiger partial charge in [-0.05, 0) is 18.6 Å². The molecule has 0 aliphatic carbocycles. The number of hydrogen-bond acceptors (Lipinski definition) is 2. The molecular formula is C8H8ClF2NO. The van der Waals surface area contributed by atoms with Crippen LogP contribution in [0.2, 0.25) is 0 Å². The molecule has 2 nitrogen and oxygen atoms in total. The lowest BCUT2D eigenvalue weighted by Gasteiger charge is -2.08. The first-order chi connectivity index (χ1) is 6.15. The van der Waals surface area contributed by atoms with Crippen molar-refractivity contribution in [2.24, 2.45) is 0 Å². The molecule has 0 fully saturated rings. The molecule has 1 rings (SSSR count). The van der Waals surface area contributed by atoms with Crippen LogP contribution in [-0.2, 0) is 5.88 Å². The maximum Gasteiger partial charge on any atom is 0.388 e. The van der Waals surface area contributed by atoms with Gasteiger partial charge < -0.3 is 4.74 Å². The number of pyridine rings is 1. The van der Waals surface area contributed by atoms with Crippen molar-refractivity contribution in [2.75, 3.05) is 0 Å². The van der Waals surface area contributed by atoms with E-state index in [1.165, 1.54) is 6.20 Å². The van der Waals surface area contributed by atoms with Gasteiger partial charge in [-0.1, -0.05) is 0 Å². The van der Waals surface area contributed by atoms with Crippen LogP contribution in [-0.4, -0.2) is 11.6 Å². The number of hydrogen-bond donors (Lipinski definition) is 0. The van der Waals surface area contributed by atoms with E-state index in [-0.39, 0.29) is 11.8 Å². The highest BCUT2D eigenvalue weighted by atomic mass is 35.5. The predicted octanol–water partition coefficient (Wildman–Crippen LogP) is 2.73. The zero-order valence-corrected chi connectivity index (χ0v) is 7.68. The highest BCUT2D eigenvalue weighted by Crippen LogP contribution is 2.22. The van der Waals surface area contributed by atoms with Gasteiger partial charge in [0.05, 0.1) is 5.88 Å². The van der Waals surface area contributed by atoms with Crippen LogP contribution in [0.3, 0.4) is 0 Å². The van der Waals surface area contributed by atoms with Crippen molar-refractivity contribution in [1.29, 1.82) is 0 Å². The van der Waals surface area contributed by atoms with Crippen molar-refractivity contribution in [3.63, 3.8) is 0 Å². The summed E-state index contributed by atoms with van der Waals surface area (Å²) in [7, 11) is 0. The summed E-state index contributed by atoms with van der Waals surface area (Å²) in [5, 5.41) is 0. The molecule has 0 atom stereocenters. The predicted molar refractivity (Wildman–Crippen MR) is 45.2 cm³/mol. The summed E-state index contributed by atoms with van der Waals surface area (Å²) in [5.74, 6) is 0.0202. The molecule has 0 aliphatic rings. The van der Waals surface area contributed by atoms with Gasteiger partial charge >= 0.3 is 6.61 Å². The normalized spacial score (nSPS) is 10.5. The monoisotopic (exact) mass is 207 g/mol. The van der Waals surface area contributed by atoms with E-state index in [0.717, 1.165) is 5.56 Å². The Bertz CT molecular complexity index is 293. The van der Waals surface area contributed by atoms with Crippen LogP contribution in [0, 0.1) is 6.92 Å². The molecule has 0 saturated carbocycles. The summed E-state index contributed by atoms with van der Waals surface area (Å²) in [6, 6.07) is 1.69. The molecule has 1 heterocycles. The van der Waals surface area contributed by atoms with E-state index in [1.54, 1.807) is 13.0 Å². The fraction of sp³-hybridized carbons (Fsp3) is 0.375. The van der Waals surface area contributed by atoms with Crippen LogP contribution in [0.4, 0.5) is 8.78 Å². The molecule has 0 bridgehead atoms. The summed E-state index contributed by atoms with van der Waals surface area (Å²) in [6.45, 7) is -1.10. The van der Waals surface area contributed by atoms with E-state index in [9.17, 15) is 8.78 Å². The van der Waals surface area contributed by atoms with E-state index in [4.69, 9.17) is 11.6 Å². The highest BCUT2D eigenvalue weighted by Gasteiger charge is 2.11. The zero-order chi connectivity index (χ0) is 9.84. The van der Waals surface area contributed by atoms with Crippen LogP contribution in [0.5, 0.6) is 5.88 Å². The first kappa shape index (κ1) is 10.2. The minimum atomic E-state index is -2.86. The van der Waals surface area contributed by atoms with E-state index in [1.807, 2.05) is 0 Å². The molecule has 13 heavy (non-hydrogen) atoms. The molecule has 0 amide bonds. The summed E-state index contributed by atoms with van der Waals surface area (Å²) >= 11 is 5.56. The quantitative estimate of drug-likeness (QED) is 0.711. The van der Waals surface area contributed by atoms with Crippen molar-refractivity contribution in [2.45, 2.75) is 19.4 Å². The maximum atomic E-state index is 11.9. The third-order valence-electron chi connectivity index (χ3n) is 1.58. The Hall–Kier alpha value is -0.900.